The number of anilines is 1. The third-order valence-corrected chi connectivity index (χ3v) is 15.4. The van der Waals surface area contributed by atoms with Crippen molar-refractivity contribution in [1.82, 2.24) is 25.0 Å². The number of carbonyl (C=O) groups excluding carboxylic acids is 3. The molecule has 16 nitrogen and oxygen atoms in total. The molecule has 3 atom stereocenters. The van der Waals surface area contributed by atoms with Crippen LogP contribution in [0.3, 0.4) is 0 Å². The number of piperazine rings is 1. The molecule has 5 heterocycles. The summed E-state index contributed by atoms with van der Waals surface area (Å²) in [4.78, 5) is 82.4. The molecule has 21 heteroatoms. The predicted octanol–water partition coefficient (Wildman–Crippen LogP) is 5.44. The SMILES string of the molecule is CO/N=S1/C=C(CC(=O)N[C@@H]2C(=O)N3C(C(=O)O)=C(COC(=O)c4cn(CCF)c5c(F)c(N6CCN(C)CC6)c(F)cc5c4=O)CS[C@H]23)NC1=NC(c1ccccc1)(c1ccccc1)c1ccccc1. The number of carboxylic acid groups (broad SMARTS) is 1. The zero-order valence-corrected chi connectivity index (χ0v) is 40.0. The number of thioether (sulfide) groups is 1. The maximum atomic E-state index is 16.1. The second-order valence-corrected chi connectivity index (χ2v) is 19.5. The van der Waals surface area contributed by atoms with E-state index in [-0.39, 0.29) is 29.0 Å². The second kappa shape index (κ2) is 20.7. The zero-order valence-electron chi connectivity index (χ0n) is 38.3. The smallest absolute Gasteiger partial charge is 0.352 e. The van der Waals surface area contributed by atoms with Gasteiger partial charge in [-0.15, -0.1) is 11.8 Å². The van der Waals surface area contributed by atoms with Crippen LogP contribution >= 0.6 is 11.8 Å². The lowest BCUT2D eigenvalue weighted by atomic mass is 9.77. The van der Waals surface area contributed by atoms with Gasteiger partial charge in [-0.3, -0.25) is 19.3 Å². The van der Waals surface area contributed by atoms with Crippen LogP contribution in [0, 0.1) is 11.6 Å². The number of β-lactam (4-membered cyclic amide) rings is 1. The van der Waals surface area contributed by atoms with Crippen LogP contribution in [0.4, 0.5) is 18.9 Å². The van der Waals surface area contributed by atoms with Gasteiger partial charge >= 0.3 is 11.9 Å². The molecule has 71 heavy (non-hydrogen) atoms. The Kier molecular flexibility index (Phi) is 14.3. The summed E-state index contributed by atoms with van der Waals surface area (Å²) in [5.41, 5.74) is -0.887. The number of halogens is 3. The monoisotopic (exact) mass is 1010 g/mol. The van der Waals surface area contributed by atoms with Gasteiger partial charge in [0, 0.05) is 65.5 Å². The number of aliphatic carboxylic acids is 1. The van der Waals surface area contributed by atoms with Gasteiger partial charge in [0.2, 0.25) is 11.3 Å². The number of amides is 2. The highest BCUT2D eigenvalue weighted by molar-refractivity contribution is 8.05. The molecule has 368 valence electrons. The van der Waals surface area contributed by atoms with Gasteiger partial charge in [0.15, 0.2) is 11.0 Å². The second-order valence-electron chi connectivity index (χ2n) is 17.0. The van der Waals surface area contributed by atoms with E-state index in [9.17, 15) is 33.5 Å². The first-order valence-electron chi connectivity index (χ1n) is 22.5. The van der Waals surface area contributed by atoms with Crippen molar-refractivity contribution in [3.8, 4) is 0 Å². The first-order chi connectivity index (χ1) is 34.3. The van der Waals surface area contributed by atoms with E-state index in [4.69, 9.17) is 14.6 Å². The summed E-state index contributed by atoms with van der Waals surface area (Å²) in [7, 11) is 2.20. The largest absolute Gasteiger partial charge is 0.477 e. The van der Waals surface area contributed by atoms with Crippen molar-refractivity contribution >= 4 is 68.0 Å². The lowest BCUT2D eigenvalue weighted by Crippen LogP contribution is -2.70. The molecule has 1 unspecified atom stereocenters. The van der Waals surface area contributed by atoms with Crippen molar-refractivity contribution in [2.24, 2.45) is 9.52 Å². The van der Waals surface area contributed by atoms with Crippen LogP contribution < -0.4 is 21.0 Å². The average molecular weight is 1010 g/mol. The van der Waals surface area contributed by atoms with Crippen molar-refractivity contribution in [2.45, 2.75) is 29.9 Å². The maximum absolute atomic E-state index is 16.1. The standard InChI is InChI=1S/C50H47F3N8O8S2/c1-58-20-22-59(23-21-58)43-37(52)25-35-42(39(43)53)60(19-18-51)26-36(44(35)63)48(67)69-27-30-28-70-46-40(45(64)61(46)41(30)47(65)66)55-38(62)24-34-29-71(57-68-2)49(54-34)56-50(31-12-6-3-7-13-31,32-14-8-4-9-15-32)33-16-10-5-11-17-33/h3-17,25-26,29,40,46H,18-24,27-28H2,1-2H3,(H,54,56)(H,55,62)(H,65,66)/t40-,46-,71?/m1/s1. The number of hydrogen-bond donors (Lipinski definition) is 3. The van der Waals surface area contributed by atoms with E-state index in [2.05, 4.69) is 15.2 Å². The summed E-state index contributed by atoms with van der Waals surface area (Å²) >= 11 is 1.12. The highest BCUT2D eigenvalue weighted by Gasteiger charge is 2.54. The number of carbonyl (C=O) groups is 4. The van der Waals surface area contributed by atoms with Gasteiger partial charge in [-0.2, -0.15) is 0 Å². The first-order valence-corrected chi connectivity index (χ1v) is 24.8. The molecule has 2 fully saturated rings. The zero-order chi connectivity index (χ0) is 50.0. The Balaban J connectivity index is 0.906. The molecule has 4 aromatic carbocycles. The predicted molar refractivity (Wildman–Crippen MR) is 263 cm³/mol. The minimum absolute atomic E-state index is 0.0163. The van der Waals surface area contributed by atoms with Crippen molar-refractivity contribution in [3.63, 3.8) is 0 Å². The summed E-state index contributed by atoms with van der Waals surface area (Å²) in [6.45, 7) is -0.480. The molecule has 9 rings (SSSR count). The Labute approximate surface area is 411 Å². The molecule has 4 aliphatic heterocycles. The number of aliphatic imine (C=N–C) groups is 1. The number of aryl methyl sites for hydroxylation is 1. The van der Waals surface area contributed by atoms with Gasteiger partial charge in [-0.1, -0.05) is 95.5 Å². The highest BCUT2D eigenvalue weighted by Crippen LogP contribution is 2.43. The first kappa shape index (κ1) is 48.9. The van der Waals surface area contributed by atoms with Crippen molar-refractivity contribution in [2.75, 3.05) is 64.3 Å². The van der Waals surface area contributed by atoms with E-state index in [0.717, 1.165) is 50.2 Å². The molecule has 2 saturated heterocycles. The molecule has 4 aliphatic rings. The number of likely N-dealkylation sites (N-methyl/N-ethyl adjacent to an activating group) is 1. The topological polar surface area (TPSA) is 187 Å². The van der Waals surface area contributed by atoms with E-state index >= 15 is 8.78 Å². The number of fused-ring (bicyclic) bond motifs is 2. The van der Waals surface area contributed by atoms with Gasteiger partial charge in [-0.05, 0) is 29.8 Å². The Bertz CT molecular complexity index is 3020. The van der Waals surface area contributed by atoms with E-state index < -0.39 is 105 Å². The number of rotatable bonds is 15. The molecule has 0 bridgehead atoms. The van der Waals surface area contributed by atoms with Gasteiger partial charge in [-0.25, -0.2) is 32.6 Å². The van der Waals surface area contributed by atoms with Crippen LogP contribution in [0.5, 0.6) is 0 Å². The number of benzene rings is 4. The number of nitrogens with zero attached hydrogens (tertiary/aromatic N) is 6. The fourth-order valence-corrected chi connectivity index (χ4v) is 11.8. The highest BCUT2D eigenvalue weighted by atomic mass is 32.2. The fourth-order valence-electron chi connectivity index (χ4n) is 9.22. The van der Waals surface area contributed by atoms with Gasteiger partial charge in [0.25, 0.3) is 5.91 Å². The number of amidine groups is 1. The molecule has 2 amide bonds. The van der Waals surface area contributed by atoms with Gasteiger partial charge in [0.1, 0.15) is 53.0 Å². The van der Waals surface area contributed by atoms with E-state index in [1.165, 1.54) is 12.0 Å². The van der Waals surface area contributed by atoms with Crippen LogP contribution in [-0.4, -0.2) is 119 Å². The van der Waals surface area contributed by atoms with Crippen LogP contribution in [-0.2, 0) is 46.7 Å². The van der Waals surface area contributed by atoms with Crippen molar-refractivity contribution < 1.29 is 47.0 Å². The van der Waals surface area contributed by atoms with E-state index in [1.807, 2.05) is 103 Å². The average Bonchev–Trinajstić information content (AvgIpc) is 3.75. The van der Waals surface area contributed by atoms with Crippen LogP contribution in [0.1, 0.15) is 33.5 Å². The fraction of sp³-hybridized carbons (Fsp3) is 0.280. The third kappa shape index (κ3) is 9.37. The molecule has 3 N–H and O–H groups in total. The van der Waals surface area contributed by atoms with Gasteiger partial charge in [0.05, 0.1) is 31.0 Å². The summed E-state index contributed by atoms with van der Waals surface area (Å²) in [6, 6.07) is 29.1. The molecule has 0 saturated carbocycles. The minimum atomic E-state index is -1.50. The van der Waals surface area contributed by atoms with Crippen LogP contribution in [0.2, 0.25) is 0 Å². The summed E-state index contributed by atoms with van der Waals surface area (Å²) in [6.07, 6.45) is 0.718. The normalized spacial score (nSPS) is 19.9. The molecule has 0 radical (unpaired) electrons. The number of pyridine rings is 1. The number of aromatic nitrogens is 1. The Morgan fingerprint density at radius 1 is 0.944 bits per heavy atom. The number of ether oxygens (including phenoxy) is 1. The third-order valence-electron chi connectivity index (χ3n) is 12.6. The van der Waals surface area contributed by atoms with Crippen molar-refractivity contribution in [3.05, 3.63) is 170 Å². The van der Waals surface area contributed by atoms with Crippen LogP contribution in [0.15, 0.2) is 140 Å². The maximum Gasteiger partial charge on any atom is 0.352 e. The van der Waals surface area contributed by atoms with Gasteiger partial charge < -0.3 is 34.8 Å². The number of nitrogens with one attached hydrogen (secondary N) is 2. The number of alkyl halides is 1. The molecule has 0 spiro atoms. The number of carboxylic acids is 1. The lowest BCUT2D eigenvalue weighted by molar-refractivity contribution is -0.150. The lowest BCUT2D eigenvalue weighted by Gasteiger charge is -2.49. The molecule has 1 aromatic heterocycles. The Morgan fingerprint density at radius 2 is 1.56 bits per heavy atom. The molecule has 5 aromatic rings. The van der Waals surface area contributed by atoms with E-state index in [0.29, 0.717) is 37.0 Å². The number of hydrogen-bond acceptors (Lipinski definition) is 12. The molecule has 0 aliphatic carbocycles. The van der Waals surface area contributed by atoms with E-state index in [1.54, 1.807) is 5.41 Å². The Morgan fingerprint density at radius 3 is 2.14 bits per heavy atom. The van der Waals surface area contributed by atoms with Crippen molar-refractivity contribution in [1.29, 1.82) is 0 Å². The van der Waals surface area contributed by atoms with Crippen LogP contribution in [0.25, 0.3) is 10.9 Å². The molecular formula is C50H47F3N8O8S2. The summed E-state index contributed by atoms with van der Waals surface area (Å²) in [5.74, 6) is -6.17. The number of esters is 1. The summed E-state index contributed by atoms with van der Waals surface area (Å²) in [5, 5.41) is 17.2. The quantitative estimate of drug-likeness (QED) is 0.0523. The Hall–Kier alpha value is -7.07. The minimum Gasteiger partial charge on any atom is -0.477 e. The molecular weight excluding hydrogens is 962 g/mol. The summed E-state index contributed by atoms with van der Waals surface area (Å²) < 4.78 is 56.3.